The lowest BCUT2D eigenvalue weighted by molar-refractivity contribution is -0.115. The van der Waals surface area contributed by atoms with Gasteiger partial charge in [-0.25, -0.2) is 0 Å². The van der Waals surface area contributed by atoms with Crippen LogP contribution >= 0.6 is 0 Å². The quantitative estimate of drug-likeness (QED) is 0.821. The summed E-state index contributed by atoms with van der Waals surface area (Å²) in [4.78, 5) is 13.8. The first-order chi connectivity index (χ1) is 8.74. The zero-order valence-electron chi connectivity index (χ0n) is 10.7. The fourth-order valence-corrected chi connectivity index (χ4v) is 2.79. The first kappa shape index (κ1) is 11.7. The lowest BCUT2D eigenvalue weighted by Crippen LogP contribution is -2.44. The molecule has 2 aliphatic rings. The van der Waals surface area contributed by atoms with Crippen LogP contribution in [0.25, 0.3) is 0 Å². The molecule has 1 fully saturated rings. The average molecular weight is 245 g/mol. The van der Waals surface area contributed by atoms with Crippen molar-refractivity contribution in [3.05, 3.63) is 29.3 Å². The molecule has 1 aromatic rings. The molecule has 2 aliphatic heterocycles. The van der Waals surface area contributed by atoms with Gasteiger partial charge in [0.2, 0.25) is 5.91 Å². The van der Waals surface area contributed by atoms with Gasteiger partial charge in [-0.2, -0.15) is 0 Å². The Morgan fingerprint density at radius 3 is 2.83 bits per heavy atom. The third-order valence-corrected chi connectivity index (χ3v) is 3.94. The molecule has 18 heavy (non-hydrogen) atoms. The number of hydrogen-bond acceptors (Lipinski definition) is 3. The highest BCUT2D eigenvalue weighted by atomic mass is 16.1. The number of anilines is 1. The van der Waals surface area contributed by atoms with Gasteiger partial charge >= 0.3 is 0 Å². The first-order valence-corrected chi connectivity index (χ1v) is 6.61. The highest BCUT2D eigenvalue weighted by molar-refractivity contribution is 5.99. The summed E-state index contributed by atoms with van der Waals surface area (Å²) in [6.07, 6.45) is 0.525. The first-order valence-electron chi connectivity index (χ1n) is 6.61. The number of nitrogens with one attached hydrogen (secondary N) is 2. The van der Waals surface area contributed by atoms with Crippen molar-refractivity contribution in [2.45, 2.75) is 19.4 Å². The van der Waals surface area contributed by atoms with Crippen molar-refractivity contribution >= 4 is 11.6 Å². The molecular formula is C14H19N3O. The van der Waals surface area contributed by atoms with Crippen molar-refractivity contribution < 1.29 is 4.79 Å². The van der Waals surface area contributed by atoms with Crippen LogP contribution in [-0.4, -0.2) is 37.0 Å². The summed E-state index contributed by atoms with van der Waals surface area (Å²) < 4.78 is 0. The molecule has 96 valence electrons. The van der Waals surface area contributed by atoms with Crippen LogP contribution in [0.2, 0.25) is 0 Å². The smallest absolute Gasteiger partial charge is 0.228 e. The van der Waals surface area contributed by atoms with Crippen LogP contribution in [-0.2, 0) is 11.2 Å². The summed E-state index contributed by atoms with van der Waals surface area (Å²) in [5.41, 5.74) is 3.43. The second-order valence-corrected chi connectivity index (χ2v) is 5.10. The molecule has 0 aliphatic carbocycles. The summed E-state index contributed by atoms with van der Waals surface area (Å²) in [5, 5.41) is 6.25. The SMILES string of the molecule is CC(c1ccc2c(c1)CC(=O)N2)N1CCNCC1. The van der Waals surface area contributed by atoms with Crippen LogP contribution < -0.4 is 10.6 Å². The Bertz CT molecular complexity index is 466. The highest BCUT2D eigenvalue weighted by Crippen LogP contribution is 2.28. The van der Waals surface area contributed by atoms with E-state index in [1.165, 1.54) is 5.56 Å². The fraction of sp³-hybridized carbons (Fsp3) is 0.500. The predicted octanol–water partition coefficient (Wildman–Crippen LogP) is 1.15. The van der Waals surface area contributed by atoms with Crippen molar-refractivity contribution in [1.82, 2.24) is 10.2 Å². The van der Waals surface area contributed by atoms with Gasteiger partial charge < -0.3 is 10.6 Å². The van der Waals surface area contributed by atoms with E-state index in [0.717, 1.165) is 37.4 Å². The van der Waals surface area contributed by atoms with Crippen LogP contribution in [0.1, 0.15) is 24.1 Å². The van der Waals surface area contributed by atoms with Crippen molar-refractivity contribution in [1.29, 1.82) is 0 Å². The monoisotopic (exact) mass is 245 g/mol. The van der Waals surface area contributed by atoms with Crippen molar-refractivity contribution in [2.24, 2.45) is 0 Å². The number of nitrogens with zero attached hydrogens (tertiary/aromatic N) is 1. The van der Waals surface area contributed by atoms with Crippen LogP contribution in [0.3, 0.4) is 0 Å². The fourth-order valence-electron chi connectivity index (χ4n) is 2.79. The van der Waals surface area contributed by atoms with Crippen LogP contribution in [0.5, 0.6) is 0 Å². The molecule has 4 heteroatoms. The Labute approximate surface area is 107 Å². The molecule has 1 atom stereocenters. The van der Waals surface area contributed by atoms with Gasteiger partial charge in [0.1, 0.15) is 0 Å². The summed E-state index contributed by atoms with van der Waals surface area (Å²) in [6, 6.07) is 6.78. The van der Waals surface area contributed by atoms with E-state index in [1.54, 1.807) is 0 Å². The van der Waals surface area contributed by atoms with Crippen LogP contribution in [0, 0.1) is 0 Å². The van der Waals surface area contributed by atoms with Crippen molar-refractivity contribution in [2.75, 3.05) is 31.5 Å². The molecule has 0 spiro atoms. The van der Waals surface area contributed by atoms with Crippen molar-refractivity contribution in [3.8, 4) is 0 Å². The lowest BCUT2D eigenvalue weighted by atomic mass is 10.0. The third-order valence-electron chi connectivity index (χ3n) is 3.94. The Hall–Kier alpha value is -1.39. The number of carbonyl (C=O) groups is 1. The minimum atomic E-state index is 0.108. The number of carbonyl (C=O) groups excluding carboxylic acids is 1. The van der Waals surface area contributed by atoms with Gasteiger partial charge in [-0.1, -0.05) is 12.1 Å². The third kappa shape index (κ3) is 2.13. The summed E-state index contributed by atoms with van der Waals surface area (Å²) in [5.74, 6) is 0.108. The molecule has 0 saturated carbocycles. The minimum Gasteiger partial charge on any atom is -0.326 e. The Kier molecular flexibility index (Phi) is 3.06. The van der Waals surface area contributed by atoms with Crippen molar-refractivity contribution in [3.63, 3.8) is 0 Å². The maximum atomic E-state index is 11.4. The molecule has 1 amide bonds. The summed E-state index contributed by atoms with van der Waals surface area (Å²) in [6.45, 7) is 6.56. The minimum absolute atomic E-state index is 0.108. The topological polar surface area (TPSA) is 44.4 Å². The molecule has 4 nitrogen and oxygen atoms in total. The van der Waals surface area contributed by atoms with E-state index in [1.807, 2.05) is 6.07 Å². The Morgan fingerprint density at radius 2 is 2.06 bits per heavy atom. The molecule has 0 radical (unpaired) electrons. The molecule has 3 rings (SSSR count). The maximum absolute atomic E-state index is 11.4. The largest absolute Gasteiger partial charge is 0.326 e. The number of hydrogen-bond donors (Lipinski definition) is 2. The second-order valence-electron chi connectivity index (χ2n) is 5.10. The predicted molar refractivity (Wildman–Crippen MR) is 71.6 cm³/mol. The second kappa shape index (κ2) is 4.71. The number of rotatable bonds is 2. The van der Waals surface area contributed by atoms with Gasteiger partial charge in [-0.05, 0) is 24.1 Å². The zero-order valence-corrected chi connectivity index (χ0v) is 10.7. The van der Waals surface area contributed by atoms with E-state index in [4.69, 9.17) is 0 Å². The Balaban J connectivity index is 1.80. The molecular weight excluding hydrogens is 226 g/mol. The summed E-state index contributed by atoms with van der Waals surface area (Å²) in [7, 11) is 0. The van der Waals surface area contributed by atoms with E-state index in [-0.39, 0.29) is 5.91 Å². The van der Waals surface area contributed by atoms with Gasteiger partial charge in [0.25, 0.3) is 0 Å². The van der Waals surface area contributed by atoms with E-state index >= 15 is 0 Å². The van der Waals surface area contributed by atoms with Gasteiger partial charge in [0.15, 0.2) is 0 Å². The lowest BCUT2D eigenvalue weighted by Gasteiger charge is -2.33. The van der Waals surface area contributed by atoms with Gasteiger partial charge in [-0.3, -0.25) is 9.69 Å². The number of benzene rings is 1. The average Bonchev–Trinajstić information content (AvgIpc) is 2.78. The highest BCUT2D eigenvalue weighted by Gasteiger charge is 2.22. The van der Waals surface area contributed by atoms with Gasteiger partial charge in [0.05, 0.1) is 6.42 Å². The summed E-state index contributed by atoms with van der Waals surface area (Å²) >= 11 is 0. The van der Waals surface area contributed by atoms with Gasteiger partial charge in [-0.15, -0.1) is 0 Å². The molecule has 1 saturated heterocycles. The molecule has 0 bridgehead atoms. The molecule has 0 aromatic heterocycles. The van der Waals surface area contributed by atoms with E-state index in [2.05, 4.69) is 34.6 Å². The molecule has 2 N–H and O–H groups in total. The van der Waals surface area contributed by atoms with E-state index < -0.39 is 0 Å². The maximum Gasteiger partial charge on any atom is 0.228 e. The number of piperazine rings is 1. The molecule has 1 unspecified atom stereocenters. The molecule has 2 heterocycles. The van der Waals surface area contributed by atoms with E-state index in [0.29, 0.717) is 12.5 Å². The van der Waals surface area contributed by atoms with Crippen LogP contribution in [0.15, 0.2) is 18.2 Å². The van der Waals surface area contributed by atoms with E-state index in [9.17, 15) is 4.79 Å². The van der Waals surface area contributed by atoms with Gasteiger partial charge in [0, 0.05) is 37.9 Å². The molecule has 1 aromatic carbocycles. The normalized spacial score (nSPS) is 21.5. The van der Waals surface area contributed by atoms with Crippen LogP contribution in [0.4, 0.5) is 5.69 Å². The standard InChI is InChI=1S/C14H19N3O/c1-10(17-6-4-15-5-7-17)11-2-3-13-12(8-11)9-14(18)16-13/h2-3,8,10,15H,4-7,9H2,1H3,(H,16,18). The number of fused-ring (bicyclic) bond motifs is 1. The Morgan fingerprint density at radius 1 is 1.28 bits per heavy atom. The zero-order chi connectivity index (χ0) is 12.5. The number of amides is 1.